The normalized spacial score (nSPS) is 11.0. The van der Waals surface area contributed by atoms with Gasteiger partial charge in [0.2, 0.25) is 0 Å². The maximum absolute atomic E-state index is 4.11. The lowest BCUT2D eigenvalue weighted by atomic mass is 10.3. The zero-order valence-electron chi connectivity index (χ0n) is 10.5. The highest BCUT2D eigenvalue weighted by atomic mass is 15.3. The van der Waals surface area contributed by atoms with E-state index < -0.39 is 0 Å². The predicted octanol–water partition coefficient (Wildman–Crippen LogP) is 3.75. The molecule has 17 heavy (non-hydrogen) atoms. The maximum Gasteiger partial charge on any atom is 0.147 e. The average Bonchev–Trinajstić information content (AvgIpc) is 2.36. The number of nitrogens with zero attached hydrogens (tertiary/aromatic N) is 3. The molecule has 0 aromatic heterocycles. The van der Waals surface area contributed by atoms with Gasteiger partial charge in [0.05, 0.1) is 5.69 Å². The number of rotatable bonds is 5. The lowest BCUT2D eigenvalue weighted by molar-refractivity contribution is 0.555. The first kappa shape index (κ1) is 13.0. The topological polar surface area (TPSA) is 40.0 Å². The summed E-state index contributed by atoms with van der Waals surface area (Å²) in [6.45, 7) is 5.77. The Morgan fingerprint density at radius 3 is 2.53 bits per heavy atom. The Labute approximate surface area is 102 Å². The zero-order valence-corrected chi connectivity index (χ0v) is 10.5. The summed E-state index contributed by atoms with van der Waals surface area (Å²) in [5, 5.41) is 11.2. The van der Waals surface area contributed by atoms with E-state index in [1.54, 1.807) is 0 Å². The van der Waals surface area contributed by atoms with Crippen molar-refractivity contribution in [2.45, 2.75) is 6.92 Å². The summed E-state index contributed by atoms with van der Waals surface area (Å²) >= 11 is 0. The fourth-order valence-electron chi connectivity index (χ4n) is 1.19. The van der Waals surface area contributed by atoms with Crippen molar-refractivity contribution >= 4 is 11.4 Å². The van der Waals surface area contributed by atoms with Gasteiger partial charge in [-0.25, -0.2) is 0 Å². The number of hydrogen-bond acceptors (Lipinski definition) is 4. The van der Waals surface area contributed by atoms with Crippen LogP contribution in [0.2, 0.25) is 0 Å². The zero-order chi connectivity index (χ0) is 12.7. The van der Waals surface area contributed by atoms with Crippen molar-refractivity contribution < 1.29 is 0 Å². The third kappa shape index (κ3) is 4.10. The molecular formula is C13H18N4. The van der Waals surface area contributed by atoms with Crippen LogP contribution in [0.1, 0.15) is 6.92 Å². The third-order valence-corrected chi connectivity index (χ3v) is 2.22. The van der Waals surface area contributed by atoms with E-state index in [1.165, 1.54) is 0 Å². The molecule has 0 fully saturated rings. The molecule has 0 amide bonds. The van der Waals surface area contributed by atoms with Gasteiger partial charge >= 0.3 is 0 Å². The van der Waals surface area contributed by atoms with Gasteiger partial charge in [0, 0.05) is 26.0 Å². The SMILES string of the molecule is C=C(/N=N/c1ccc(NC)cc1)N(C)/C=C\C. The van der Waals surface area contributed by atoms with Crippen LogP contribution in [0.25, 0.3) is 0 Å². The van der Waals surface area contributed by atoms with Gasteiger partial charge in [-0.2, -0.15) is 0 Å². The molecule has 1 aromatic carbocycles. The minimum Gasteiger partial charge on any atom is -0.388 e. The molecule has 0 radical (unpaired) electrons. The van der Waals surface area contributed by atoms with Crippen molar-refractivity contribution in [2.24, 2.45) is 10.2 Å². The minimum atomic E-state index is 0.598. The third-order valence-electron chi connectivity index (χ3n) is 2.22. The molecule has 0 spiro atoms. The molecule has 0 atom stereocenters. The molecule has 0 saturated heterocycles. The Kier molecular flexibility index (Phi) is 4.94. The molecule has 1 aromatic rings. The second kappa shape index (κ2) is 6.48. The molecule has 4 heteroatoms. The molecule has 4 nitrogen and oxygen atoms in total. The predicted molar refractivity (Wildman–Crippen MR) is 72.2 cm³/mol. The van der Waals surface area contributed by atoms with E-state index in [4.69, 9.17) is 0 Å². The Balaban J connectivity index is 2.66. The molecule has 0 aliphatic heterocycles. The Bertz CT molecular complexity index is 418. The molecular weight excluding hydrogens is 212 g/mol. The van der Waals surface area contributed by atoms with Crippen molar-refractivity contribution in [2.75, 3.05) is 19.4 Å². The molecule has 1 N–H and O–H groups in total. The van der Waals surface area contributed by atoms with Crippen LogP contribution in [0.5, 0.6) is 0 Å². The van der Waals surface area contributed by atoms with Gasteiger partial charge in [0.25, 0.3) is 0 Å². The van der Waals surface area contributed by atoms with Gasteiger partial charge in [-0.3, -0.25) is 0 Å². The maximum atomic E-state index is 4.11. The second-order valence-corrected chi connectivity index (χ2v) is 3.51. The summed E-state index contributed by atoms with van der Waals surface area (Å²) in [5.41, 5.74) is 1.85. The van der Waals surface area contributed by atoms with Crippen LogP contribution in [0, 0.1) is 0 Å². The molecule has 0 aliphatic rings. The summed E-state index contributed by atoms with van der Waals surface area (Å²) in [5.74, 6) is 0.598. The average molecular weight is 230 g/mol. The standard InChI is InChI=1S/C13H18N4/c1-5-10-17(4)11(2)15-16-13-8-6-12(14-3)7-9-13/h5-10,14H,2H2,1,3-4H3/b10-5-,16-15+. The first-order valence-electron chi connectivity index (χ1n) is 5.41. The quantitative estimate of drug-likeness (QED) is 0.782. The summed E-state index contributed by atoms with van der Waals surface area (Å²) in [6.07, 6.45) is 3.80. The Morgan fingerprint density at radius 2 is 2.00 bits per heavy atom. The minimum absolute atomic E-state index is 0.598. The summed E-state index contributed by atoms with van der Waals surface area (Å²) in [4.78, 5) is 1.81. The van der Waals surface area contributed by atoms with Crippen LogP contribution in [-0.4, -0.2) is 19.0 Å². The van der Waals surface area contributed by atoms with Crippen molar-refractivity contribution in [1.82, 2.24) is 4.90 Å². The van der Waals surface area contributed by atoms with Gasteiger partial charge in [-0.1, -0.05) is 12.7 Å². The van der Waals surface area contributed by atoms with Crippen LogP contribution in [0.4, 0.5) is 11.4 Å². The summed E-state index contributed by atoms with van der Waals surface area (Å²) in [6, 6.07) is 7.70. The van der Waals surface area contributed by atoms with Crippen molar-refractivity contribution in [3.05, 3.63) is 48.9 Å². The van der Waals surface area contributed by atoms with E-state index in [0.717, 1.165) is 11.4 Å². The molecule has 0 heterocycles. The molecule has 0 aliphatic carbocycles. The van der Waals surface area contributed by atoms with E-state index in [0.29, 0.717) is 5.82 Å². The van der Waals surface area contributed by atoms with Crippen molar-refractivity contribution in [1.29, 1.82) is 0 Å². The molecule has 90 valence electrons. The molecule has 0 saturated carbocycles. The number of anilines is 1. The van der Waals surface area contributed by atoms with E-state index in [1.807, 2.05) is 62.5 Å². The number of hydrogen-bond donors (Lipinski definition) is 1. The van der Waals surface area contributed by atoms with Crippen LogP contribution in [0.3, 0.4) is 0 Å². The largest absolute Gasteiger partial charge is 0.388 e. The number of allylic oxidation sites excluding steroid dienone is 1. The van der Waals surface area contributed by atoms with E-state index in [-0.39, 0.29) is 0 Å². The summed E-state index contributed by atoms with van der Waals surface area (Å²) in [7, 11) is 3.76. The van der Waals surface area contributed by atoms with Gasteiger partial charge in [0.1, 0.15) is 5.82 Å². The fourth-order valence-corrected chi connectivity index (χ4v) is 1.19. The van der Waals surface area contributed by atoms with Gasteiger partial charge in [-0.05, 0) is 31.2 Å². The highest BCUT2D eigenvalue weighted by Crippen LogP contribution is 2.17. The van der Waals surface area contributed by atoms with Crippen LogP contribution >= 0.6 is 0 Å². The number of azo groups is 1. The Morgan fingerprint density at radius 1 is 1.35 bits per heavy atom. The van der Waals surface area contributed by atoms with Crippen molar-refractivity contribution in [3.63, 3.8) is 0 Å². The molecule has 0 unspecified atom stereocenters. The summed E-state index contributed by atoms with van der Waals surface area (Å²) < 4.78 is 0. The molecule has 1 rings (SSSR count). The first-order valence-corrected chi connectivity index (χ1v) is 5.41. The van der Waals surface area contributed by atoms with Crippen molar-refractivity contribution in [3.8, 4) is 0 Å². The number of nitrogens with one attached hydrogen (secondary N) is 1. The van der Waals surface area contributed by atoms with E-state index >= 15 is 0 Å². The second-order valence-electron chi connectivity index (χ2n) is 3.51. The molecule has 0 bridgehead atoms. The van der Waals surface area contributed by atoms with E-state index in [9.17, 15) is 0 Å². The lowest BCUT2D eigenvalue weighted by Gasteiger charge is -2.10. The van der Waals surface area contributed by atoms with Crippen LogP contribution < -0.4 is 5.32 Å². The Hall–Kier alpha value is -2.10. The first-order chi connectivity index (χ1) is 8.17. The van der Waals surface area contributed by atoms with Crippen LogP contribution in [-0.2, 0) is 0 Å². The fraction of sp³-hybridized carbons (Fsp3) is 0.231. The number of benzene rings is 1. The lowest BCUT2D eigenvalue weighted by Crippen LogP contribution is -2.06. The smallest absolute Gasteiger partial charge is 0.147 e. The highest BCUT2D eigenvalue weighted by Gasteiger charge is 1.95. The highest BCUT2D eigenvalue weighted by molar-refractivity contribution is 5.50. The van der Waals surface area contributed by atoms with Gasteiger partial charge in [0.15, 0.2) is 0 Å². The van der Waals surface area contributed by atoms with E-state index in [2.05, 4.69) is 22.1 Å². The van der Waals surface area contributed by atoms with Gasteiger partial charge in [-0.15, -0.1) is 10.2 Å². The monoisotopic (exact) mass is 230 g/mol. The van der Waals surface area contributed by atoms with Gasteiger partial charge < -0.3 is 10.2 Å². The van der Waals surface area contributed by atoms with Crippen LogP contribution in [0.15, 0.2) is 59.2 Å².